The lowest BCUT2D eigenvalue weighted by Gasteiger charge is -2.09. The molecule has 3 nitrogen and oxygen atoms in total. The average molecular weight is 223 g/mol. The Labute approximate surface area is 93.0 Å². The Morgan fingerprint density at radius 2 is 2.27 bits per heavy atom. The van der Waals surface area contributed by atoms with Crippen LogP contribution in [0.2, 0.25) is 5.02 Å². The summed E-state index contributed by atoms with van der Waals surface area (Å²) in [6, 6.07) is 5.53. The molecule has 0 radical (unpaired) electrons. The van der Waals surface area contributed by atoms with Crippen molar-refractivity contribution < 1.29 is 5.11 Å². The summed E-state index contributed by atoms with van der Waals surface area (Å²) in [7, 11) is 0. The second kappa shape index (κ2) is 4.04. The summed E-state index contributed by atoms with van der Waals surface area (Å²) in [6.07, 6.45) is 4.70. The summed E-state index contributed by atoms with van der Waals surface area (Å²) in [4.78, 5) is 3.96. The summed E-state index contributed by atoms with van der Waals surface area (Å²) < 4.78 is 1.86. The van der Waals surface area contributed by atoms with Gasteiger partial charge in [-0.1, -0.05) is 17.7 Å². The lowest BCUT2D eigenvalue weighted by molar-refractivity contribution is 0.199. The van der Waals surface area contributed by atoms with Crippen LogP contribution in [0.15, 0.2) is 36.9 Å². The van der Waals surface area contributed by atoms with Crippen LogP contribution >= 0.6 is 11.6 Å². The fourth-order valence-electron chi connectivity index (χ4n) is 1.43. The molecule has 2 rings (SSSR count). The maximum atomic E-state index is 9.42. The maximum Gasteiger partial charge on any atom is 0.0991 e. The molecule has 0 spiro atoms. The lowest BCUT2D eigenvalue weighted by Crippen LogP contribution is -1.95. The van der Waals surface area contributed by atoms with Gasteiger partial charge in [0.15, 0.2) is 0 Å². The molecule has 0 saturated heterocycles. The molecule has 0 fully saturated rings. The van der Waals surface area contributed by atoms with E-state index in [1.807, 2.05) is 29.0 Å². The number of nitrogens with zero attached hydrogens (tertiary/aromatic N) is 2. The Morgan fingerprint density at radius 3 is 2.80 bits per heavy atom. The van der Waals surface area contributed by atoms with E-state index in [9.17, 15) is 5.11 Å². The van der Waals surface area contributed by atoms with Gasteiger partial charge in [0.2, 0.25) is 0 Å². The number of aliphatic hydroxyl groups excluding tert-OH is 1. The number of halogens is 1. The zero-order valence-corrected chi connectivity index (χ0v) is 9.02. The second-order valence-corrected chi connectivity index (χ2v) is 3.76. The van der Waals surface area contributed by atoms with Gasteiger partial charge in [-0.15, -0.1) is 0 Å². The lowest BCUT2D eigenvalue weighted by atomic mass is 10.1. The third-order valence-electron chi connectivity index (χ3n) is 2.24. The molecule has 15 heavy (non-hydrogen) atoms. The molecule has 1 atom stereocenters. The molecule has 0 aliphatic rings. The van der Waals surface area contributed by atoms with Crippen molar-refractivity contribution in [1.29, 1.82) is 0 Å². The highest BCUT2D eigenvalue weighted by Crippen LogP contribution is 2.25. The van der Waals surface area contributed by atoms with Crippen molar-refractivity contribution in [2.75, 3.05) is 0 Å². The van der Waals surface area contributed by atoms with Gasteiger partial charge < -0.3 is 9.67 Å². The summed E-state index contributed by atoms with van der Waals surface area (Å²) in [5.74, 6) is 0. The van der Waals surface area contributed by atoms with Crippen LogP contribution in [0, 0.1) is 0 Å². The first kappa shape index (κ1) is 10.2. The molecular formula is C11H11ClN2O. The first-order valence-corrected chi connectivity index (χ1v) is 5.02. The van der Waals surface area contributed by atoms with Gasteiger partial charge in [-0.05, 0) is 24.6 Å². The minimum absolute atomic E-state index is 0.547. The van der Waals surface area contributed by atoms with Crippen LogP contribution < -0.4 is 0 Å². The number of hydrogen-bond donors (Lipinski definition) is 1. The van der Waals surface area contributed by atoms with Crippen LogP contribution in [0.5, 0.6) is 0 Å². The molecule has 1 aromatic carbocycles. The highest BCUT2D eigenvalue weighted by molar-refractivity contribution is 6.31. The normalized spacial score (nSPS) is 12.7. The maximum absolute atomic E-state index is 9.42. The molecule has 0 saturated carbocycles. The number of hydrogen-bond acceptors (Lipinski definition) is 2. The number of benzene rings is 1. The third-order valence-corrected chi connectivity index (χ3v) is 2.56. The van der Waals surface area contributed by atoms with Crippen molar-refractivity contribution in [3.63, 3.8) is 0 Å². The SMILES string of the molecule is CC(O)c1ccc(-n2ccnc2)cc1Cl. The first-order chi connectivity index (χ1) is 7.18. The largest absolute Gasteiger partial charge is 0.389 e. The summed E-state index contributed by atoms with van der Waals surface area (Å²) in [5, 5.41) is 9.99. The van der Waals surface area contributed by atoms with Gasteiger partial charge in [0.1, 0.15) is 0 Å². The number of rotatable bonds is 2. The van der Waals surface area contributed by atoms with Gasteiger partial charge in [-0.3, -0.25) is 0 Å². The minimum atomic E-state index is -0.547. The minimum Gasteiger partial charge on any atom is -0.389 e. The van der Waals surface area contributed by atoms with Crippen molar-refractivity contribution in [3.8, 4) is 5.69 Å². The summed E-state index contributed by atoms with van der Waals surface area (Å²) in [6.45, 7) is 1.69. The molecule has 0 aliphatic carbocycles. The van der Waals surface area contributed by atoms with E-state index in [-0.39, 0.29) is 0 Å². The number of aromatic nitrogens is 2. The average Bonchev–Trinajstić information content (AvgIpc) is 2.69. The second-order valence-electron chi connectivity index (χ2n) is 3.35. The monoisotopic (exact) mass is 222 g/mol. The van der Waals surface area contributed by atoms with Crippen LogP contribution in [-0.4, -0.2) is 14.7 Å². The first-order valence-electron chi connectivity index (χ1n) is 4.64. The van der Waals surface area contributed by atoms with E-state index in [1.54, 1.807) is 19.4 Å². The Hall–Kier alpha value is -1.32. The highest BCUT2D eigenvalue weighted by Gasteiger charge is 2.07. The zero-order chi connectivity index (χ0) is 10.8. The van der Waals surface area contributed by atoms with Gasteiger partial charge >= 0.3 is 0 Å². The van der Waals surface area contributed by atoms with E-state index in [4.69, 9.17) is 11.6 Å². The molecule has 0 aliphatic heterocycles. The molecule has 78 valence electrons. The van der Waals surface area contributed by atoms with Crippen LogP contribution in [0.3, 0.4) is 0 Å². The third kappa shape index (κ3) is 2.03. The van der Waals surface area contributed by atoms with Crippen molar-refractivity contribution in [2.24, 2.45) is 0 Å². The molecule has 1 N–H and O–H groups in total. The molecule has 2 aromatic rings. The van der Waals surface area contributed by atoms with Crippen LogP contribution in [0.25, 0.3) is 5.69 Å². The van der Waals surface area contributed by atoms with E-state index in [0.717, 1.165) is 11.3 Å². The van der Waals surface area contributed by atoms with Crippen molar-refractivity contribution >= 4 is 11.6 Å². The van der Waals surface area contributed by atoms with Gasteiger partial charge in [0, 0.05) is 23.1 Å². The Bertz CT molecular complexity index is 452. The predicted octanol–water partition coefficient (Wildman–Crippen LogP) is 2.58. The Kier molecular flexibility index (Phi) is 2.75. The van der Waals surface area contributed by atoms with Crippen LogP contribution in [0.1, 0.15) is 18.6 Å². The topological polar surface area (TPSA) is 38.0 Å². The molecular weight excluding hydrogens is 212 g/mol. The molecule has 4 heteroatoms. The van der Waals surface area contributed by atoms with Gasteiger partial charge in [-0.25, -0.2) is 4.98 Å². The molecule has 1 aromatic heterocycles. The smallest absolute Gasteiger partial charge is 0.0991 e. The van der Waals surface area contributed by atoms with Gasteiger partial charge in [0.05, 0.1) is 12.4 Å². The van der Waals surface area contributed by atoms with Gasteiger partial charge in [0.25, 0.3) is 0 Å². The quantitative estimate of drug-likeness (QED) is 0.848. The van der Waals surface area contributed by atoms with E-state index in [1.165, 1.54) is 0 Å². The van der Waals surface area contributed by atoms with E-state index in [0.29, 0.717) is 5.02 Å². The summed E-state index contributed by atoms with van der Waals surface area (Å²) in [5.41, 5.74) is 1.67. The van der Waals surface area contributed by atoms with E-state index in [2.05, 4.69) is 4.98 Å². The van der Waals surface area contributed by atoms with Gasteiger partial charge in [-0.2, -0.15) is 0 Å². The highest BCUT2D eigenvalue weighted by atomic mass is 35.5. The fraction of sp³-hybridized carbons (Fsp3) is 0.182. The molecule has 1 unspecified atom stereocenters. The molecule has 0 amide bonds. The molecule has 0 bridgehead atoms. The van der Waals surface area contributed by atoms with E-state index >= 15 is 0 Å². The Morgan fingerprint density at radius 1 is 1.47 bits per heavy atom. The number of imidazole rings is 1. The van der Waals surface area contributed by atoms with Crippen molar-refractivity contribution in [1.82, 2.24) is 9.55 Å². The predicted molar refractivity (Wildman–Crippen MR) is 59.2 cm³/mol. The molecule has 1 heterocycles. The fourth-order valence-corrected chi connectivity index (χ4v) is 1.76. The zero-order valence-electron chi connectivity index (χ0n) is 8.26. The standard InChI is InChI=1S/C11H11ClN2O/c1-8(15)10-3-2-9(6-11(10)12)14-5-4-13-7-14/h2-8,15H,1H3. The number of aliphatic hydroxyl groups is 1. The van der Waals surface area contributed by atoms with Crippen LogP contribution in [-0.2, 0) is 0 Å². The van der Waals surface area contributed by atoms with Crippen molar-refractivity contribution in [2.45, 2.75) is 13.0 Å². The van der Waals surface area contributed by atoms with Crippen molar-refractivity contribution in [3.05, 3.63) is 47.5 Å². The van der Waals surface area contributed by atoms with E-state index < -0.39 is 6.10 Å². The summed E-state index contributed by atoms with van der Waals surface area (Å²) >= 11 is 6.05. The Balaban J connectivity index is 2.42. The van der Waals surface area contributed by atoms with Crippen LogP contribution in [0.4, 0.5) is 0 Å².